The Morgan fingerprint density at radius 1 is 0.912 bits per heavy atom. The van der Waals surface area contributed by atoms with E-state index in [0.29, 0.717) is 12.1 Å². The normalized spacial score (nSPS) is 13.1. The molecule has 34 heavy (non-hydrogen) atoms. The molecule has 1 N–H and O–H groups in total. The number of rotatable bonds is 11. The van der Waals surface area contributed by atoms with Gasteiger partial charge in [0.05, 0.1) is 11.9 Å². The van der Waals surface area contributed by atoms with E-state index < -0.39 is 22.0 Å². The van der Waals surface area contributed by atoms with Gasteiger partial charge in [-0.15, -0.1) is 0 Å². The van der Waals surface area contributed by atoms with Gasteiger partial charge in [-0.05, 0) is 51.3 Å². The highest BCUT2D eigenvalue weighted by atomic mass is 32.2. The number of sulfonamides is 1. The van der Waals surface area contributed by atoms with Gasteiger partial charge in [-0.2, -0.15) is 0 Å². The SMILES string of the molecule is CCC(C)NC(=O)C(CC)N(Cc1ccc(C)cc1)C(=O)CN(c1ccc(C)cc1)S(C)(=O)=O. The molecule has 0 bridgehead atoms. The Morgan fingerprint density at radius 3 is 1.91 bits per heavy atom. The average molecular weight is 488 g/mol. The van der Waals surface area contributed by atoms with Crippen molar-refractivity contribution in [2.45, 2.75) is 66.1 Å². The van der Waals surface area contributed by atoms with Gasteiger partial charge in [0, 0.05) is 12.6 Å². The number of hydrogen-bond donors (Lipinski definition) is 1. The molecular weight excluding hydrogens is 450 g/mol. The Morgan fingerprint density at radius 2 is 1.44 bits per heavy atom. The maximum absolute atomic E-state index is 13.6. The monoisotopic (exact) mass is 487 g/mol. The van der Waals surface area contributed by atoms with Crippen LogP contribution in [0.2, 0.25) is 0 Å². The van der Waals surface area contributed by atoms with Gasteiger partial charge in [-0.25, -0.2) is 8.42 Å². The first-order valence-electron chi connectivity index (χ1n) is 11.7. The van der Waals surface area contributed by atoms with Gasteiger partial charge in [0.1, 0.15) is 12.6 Å². The summed E-state index contributed by atoms with van der Waals surface area (Å²) in [5, 5.41) is 2.97. The van der Waals surface area contributed by atoms with Crippen LogP contribution in [0.1, 0.15) is 50.3 Å². The van der Waals surface area contributed by atoms with E-state index in [-0.39, 0.29) is 25.0 Å². The largest absolute Gasteiger partial charge is 0.352 e. The second kappa shape index (κ2) is 12.0. The van der Waals surface area contributed by atoms with Gasteiger partial charge < -0.3 is 10.2 Å². The molecule has 0 aliphatic carbocycles. The minimum absolute atomic E-state index is 0.0297. The second-order valence-corrected chi connectivity index (χ2v) is 10.8. The third kappa shape index (κ3) is 7.58. The molecule has 2 aromatic carbocycles. The second-order valence-electron chi connectivity index (χ2n) is 8.85. The maximum Gasteiger partial charge on any atom is 0.244 e. The number of benzene rings is 2. The van der Waals surface area contributed by atoms with Crippen molar-refractivity contribution < 1.29 is 18.0 Å². The first-order chi connectivity index (χ1) is 16.0. The highest BCUT2D eigenvalue weighted by Crippen LogP contribution is 2.20. The average Bonchev–Trinajstić information content (AvgIpc) is 2.78. The Balaban J connectivity index is 2.41. The number of amides is 2. The molecule has 2 amide bonds. The van der Waals surface area contributed by atoms with Crippen LogP contribution in [0.5, 0.6) is 0 Å². The highest BCUT2D eigenvalue weighted by molar-refractivity contribution is 7.92. The van der Waals surface area contributed by atoms with Crippen LogP contribution in [0.15, 0.2) is 48.5 Å². The lowest BCUT2D eigenvalue weighted by atomic mass is 10.1. The summed E-state index contributed by atoms with van der Waals surface area (Å²) >= 11 is 0. The van der Waals surface area contributed by atoms with E-state index in [0.717, 1.165) is 33.7 Å². The van der Waals surface area contributed by atoms with E-state index >= 15 is 0 Å². The molecule has 8 heteroatoms. The molecular formula is C26H37N3O4S. The summed E-state index contributed by atoms with van der Waals surface area (Å²) in [6.07, 6.45) is 2.25. The van der Waals surface area contributed by atoms with Crippen LogP contribution in [0.25, 0.3) is 0 Å². The van der Waals surface area contributed by atoms with Gasteiger partial charge in [0.2, 0.25) is 21.8 Å². The molecule has 2 rings (SSSR count). The lowest BCUT2D eigenvalue weighted by Crippen LogP contribution is -2.53. The van der Waals surface area contributed by atoms with E-state index in [2.05, 4.69) is 5.32 Å². The van der Waals surface area contributed by atoms with E-state index in [4.69, 9.17) is 0 Å². The minimum Gasteiger partial charge on any atom is -0.352 e. The van der Waals surface area contributed by atoms with E-state index in [1.54, 1.807) is 24.3 Å². The lowest BCUT2D eigenvalue weighted by Gasteiger charge is -2.33. The van der Waals surface area contributed by atoms with Crippen LogP contribution in [0.3, 0.4) is 0 Å². The van der Waals surface area contributed by atoms with Crippen molar-refractivity contribution >= 4 is 27.5 Å². The van der Waals surface area contributed by atoms with Crippen LogP contribution in [0, 0.1) is 13.8 Å². The highest BCUT2D eigenvalue weighted by Gasteiger charge is 2.32. The first-order valence-corrected chi connectivity index (χ1v) is 13.5. The van der Waals surface area contributed by atoms with Crippen molar-refractivity contribution in [3.05, 3.63) is 65.2 Å². The van der Waals surface area contributed by atoms with Crippen molar-refractivity contribution in [1.29, 1.82) is 0 Å². The number of aryl methyl sites for hydroxylation is 2. The Kier molecular flexibility index (Phi) is 9.67. The number of carbonyl (C=O) groups is 2. The number of hydrogen-bond acceptors (Lipinski definition) is 4. The molecule has 0 aromatic heterocycles. The lowest BCUT2D eigenvalue weighted by molar-refractivity contribution is -0.140. The summed E-state index contributed by atoms with van der Waals surface area (Å²) < 4.78 is 26.3. The molecule has 0 aliphatic rings. The van der Waals surface area contributed by atoms with Crippen molar-refractivity contribution in [2.75, 3.05) is 17.1 Å². The Bertz CT molecular complexity index is 1070. The zero-order valence-corrected chi connectivity index (χ0v) is 21.9. The summed E-state index contributed by atoms with van der Waals surface area (Å²) in [5.74, 6) is -0.670. The topological polar surface area (TPSA) is 86.8 Å². The summed E-state index contributed by atoms with van der Waals surface area (Å²) in [7, 11) is -3.73. The van der Waals surface area contributed by atoms with Gasteiger partial charge in [-0.3, -0.25) is 13.9 Å². The molecule has 0 saturated heterocycles. The van der Waals surface area contributed by atoms with Crippen LogP contribution in [-0.2, 0) is 26.2 Å². The quantitative estimate of drug-likeness (QED) is 0.522. The molecule has 0 spiro atoms. The smallest absolute Gasteiger partial charge is 0.244 e. The summed E-state index contributed by atoms with van der Waals surface area (Å²) in [6, 6.07) is 14.0. The molecule has 0 radical (unpaired) electrons. The van der Waals surface area contributed by atoms with Gasteiger partial charge >= 0.3 is 0 Å². The predicted octanol–water partition coefficient (Wildman–Crippen LogP) is 3.79. The van der Waals surface area contributed by atoms with Crippen molar-refractivity contribution in [1.82, 2.24) is 10.2 Å². The van der Waals surface area contributed by atoms with E-state index in [1.165, 1.54) is 4.90 Å². The van der Waals surface area contributed by atoms with Crippen LogP contribution in [-0.4, -0.2) is 50.0 Å². The third-order valence-corrected chi connectivity index (χ3v) is 7.00. The molecule has 0 heterocycles. The Labute approximate surface area is 204 Å². The van der Waals surface area contributed by atoms with E-state index in [1.807, 2.05) is 58.9 Å². The molecule has 0 fully saturated rings. The molecule has 186 valence electrons. The fourth-order valence-corrected chi connectivity index (χ4v) is 4.43. The van der Waals surface area contributed by atoms with Crippen molar-refractivity contribution in [3.8, 4) is 0 Å². The number of carbonyl (C=O) groups excluding carboxylic acids is 2. The molecule has 7 nitrogen and oxygen atoms in total. The number of nitrogens with one attached hydrogen (secondary N) is 1. The predicted molar refractivity (Wildman–Crippen MR) is 137 cm³/mol. The van der Waals surface area contributed by atoms with Gasteiger partial charge in [-0.1, -0.05) is 61.4 Å². The zero-order chi connectivity index (χ0) is 25.5. The number of nitrogens with zero attached hydrogens (tertiary/aromatic N) is 2. The summed E-state index contributed by atoms with van der Waals surface area (Å²) in [4.78, 5) is 28.2. The standard InChI is InChI=1S/C26H37N3O4S/c1-7-21(5)27-26(31)24(8-2)28(17-22-13-9-19(3)10-14-22)25(30)18-29(34(6,32)33)23-15-11-20(4)12-16-23/h9-16,21,24H,7-8,17-18H2,1-6H3,(H,27,31). The molecule has 2 unspecified atom stereocenters. The first kappa shape index (κ1) is 27.4. The van der Waals surface area contributed by atoms with Gasteiger partial charge in [0.15, 0.2) is 0 Å². The fourth-order valence-electron chi connectivity index (χ4n) is 3.58. The van der Waals surface area contributed by atoms with Crippen LogP contribution < -0.4 is 9.62 Å². The fraction of sp³-hybridized carbons (Fsp3) is 0.462. The molecule has 0 saturated carbocycles. The van der Waals surface area contributed by atoms with Crippen LogP contribution >= 0.6 is 0 Å². The van der Waals surface area contributed by atoms with Crippen molar-refractivity contribution in [2.24, 2.45) is 0 Å². The minimum atomic E-state index is -3.73. The third-order valence-electron chi connectivity index (χ3n) is 5.86. The summed E-state index contributed by atoms with van der Waals surface area (Å²) in [6.45, 7) is 9.45. The molecule has 2 atom stereocenters. The van der Waals surface area contributed by atoms with Crippen molar-refractivity contribution in [3.63, 3.8) is 0 Å². The number of anilines is 1. The molecule has 0 aliphatic heterocycles. The molecule has 2 aromatic rings. The summed E-state index contributed by atoms with van der Waals surface area (Å²) in [5.41, 5.74) is 3.35. The van der Waals surface area contributed by atoms with E-state index in [9.17, 15) is 18.0 Å². The van der Waals surface area contributed by atoms with Crippen LogP contribution in [0.4, 0.5) is 5.69 Å². The van der Waals surface area contributed by atoms with Gasteiger partial charge in [0.25, 0.3) is 0 Å². The maximum atomic E-state index is 13.6. The zero-order valence-electron chi connectivity index (χ0n) is 21.0. The Hall–Kier alpha value is -2.87.